The van der Waals surface area contributed by atoms with Crippen molar-refractivity contribution in [3.8, 4) is 0 Å². The first-order chi connectivity index (χ1) is 8.89. The van der Waals surface area contributed by atoms with Crippen LogP contribution in [-0.4, -0.2) is 17.6 Å². The number of halogens is 3. The Balaban J connectivity index is 2.05. The van der Waals surface area contributed by atoms with Crippen molar-refractivity contribution in [1.82, 2.24) is 5.32 Å². The third-order valence-electron chi connectivity index (χ3n) is 3.04. The molecule has 0 heterocycles. The van der Waals surface area contributed by atoms with E-state index >= 15 is 0 Å². The monoisotopic (exact) mass is 273 g/mol. The molecule has 0 radical (unpaired) electrons. The van der Waals surface area contributed by atoms with E-state index in [0.29, 0.717) is 0 Å². The molecule has 0 aromatic heterocycles. The Kier molecular flexibility index (Phi) is 3.80. The first-order valence-corrected chi connectivity index (χ1v) is 6.01. The molecule has 1 aromatic carbocycles. The van der Waals surface area contributed by atoms with Crippen LogP contribution >= 0.6 is 0 Å². The second kappa shape index (κ2) is 5.21. The Hall–Kier alpha value is -1.56. The number of carbonyl (C=O) groups is 1. The van der Waals surface area contributed by atoms with E-state index in [-0.39, 0.29) is 23.9 Å². The number of aliphatic hydroxyl groups is 1. The summed E-state index contributed by atoms with van der Waals surface area (Å²) in [6.07, 6.45) is -4.26. The van der Waals surface area contributed by atoms with Crippen LogP contribution in [0.25, 0.3) is 0 Å². The van der Waals surface area contributed by atoms with E-state index in [4.69, 9.17) is 0 Å². The molecule has 3 nitrogen and oxygen atoms in total. The number of benzene rings is 1. The van der Waals surface area contributed by atoms with Gasteiger partial charge in [-0.15, -0.1) is 0 Å². The zero-order chi connectivity index (χ0) is 14.0. The smallest absolute Gasteiger partial charge is 0.387 e. The van der Waals surface area contributed by atoms with E-state index < -0.39 is 17.8 Å². The zero-order valence-corrected chi connectivity index (χ0v) is 10.1. The molecule has 0 saturated heterocycles. The first-order valence-electron chi connectivity index (χ1n) is 6.01. The zero-order valence-electron chi connectivity index (χ0n) is 10.1. The van der Waals surface area contributed by atoms with Crippen LogP contribution in [0.2, 0.25) is 0 Å². The minimum atomic E-state index is -4.52. The lowest BCUT2D eigenvalue weighted by atomic mass is 10.0. The van der Waals surface area contributed by atoms with Gasteiger partial charge in [-0.3, -0.25) is 4.79 Å². The lowest BCUT2D eigenvalue weighted by Gasteiger charge is -2.17. The first kappa shape index (κ1) is 13.9. The van der Waals surface area contributed by atoms with Crippen molar-refractivity contribution in [2.75, 3.05) is 6.54 Å². The second-order valence-corrected chi connectivity index (χ2v) is 4.62. The third-order valence-corrected chi connectivity index (χ3v) is 3.04. The minimum Gasteiger partial charge on any atom is -0.387 e. The fraction of sp³-hybridized carbons (Fsp3) is 0.462. The van der Waals surface area contributed by atoms with Gasteiger partial charge in [0.1, 0.15) is 0 Å². The van der Waals surface area contributed by atoms with Crippen LogP contribution in [0.1, 0.15) is 30.1 Å². The Morgan fingerprint density at radius 3 is 2.58 bits per heavy atom. The molecule has 1 aliphatic carbocycles. The fourth-order valence-electron chi connectivity index (χ4n) is 1.84. The van der Waals surface area contributed by atoms with Gasteiger partial charge in [0.25, 0.3) is 0 Å². The molecular formula is C13H14F3NO2. The number of alkyl halides is 3. The Morgan fingerprint density at radius 1 is 1.37 bits per heavy atom. The van der Waals surface area contributed by atoms with Crippen molar-refractivity contribution in [3.63, 3.8) is 0 Å². The van der Waals surface area contributed by atoms with Gasteiger partial charge < -0.3 is 10.4 Å². The molecule has 1 saturated carbocycles. The second-order valence-electron chi connectivity index (χ2n) is 4.62. The largest absolute Gasteiger partial charge is 0.416 e. The predicted molar refractivity (Wildman–Crippen MR) is 62.1 cm³/mol. The topological polar surface area (TPSA) is 49.3 Å². The van der Waals surface area contributed by atoms with Crippen molar-refractivity contribution in [1.29, 1.82) is 0 Å². The van der Waals surface area contributed by atoms with E-state index in [1.54, 1.807) is 0 Å². The summed E-state index contributed by atoms with van der Waals surface area (Å²) in [5.41, 5.74) is -1.09. The van der Waals surface area contributed by atoms with Crippen LogP contribution in [0.5, 0.6) is 0 Å². The quantitative estimate of drug-likeness (QED) is 0.884. The molecule has 0 bridgehead atoms. The molecule has 1 amide bonds. The molecule has 2 rings (SSSR count). The van der Waals surface area contributed by atoms with Crippen molar-refractivity contribution in [2.45, 2.75) is 25.1 Å². The van der Waals surface area contributed by atoms with E-state index in [2.05, 4.69) is 5.32 Å². The molecule has 104 valence electrons. The van der Waals surface area contributed by atoms with Crippen molar-refractivity contribution in [3.05, 3.63) is 35.4 Å². The molecule has 2 N–H and O–H groups in total. The standard InChI is InChI=1S/C13H14F3NO2/c14-13(15,16)10-4-2-1-3-9(10)11(18)7-17-12(19)8-5-6-8/h1-4,8,11,18H,5-7H2,(H,17,19)/t11-/m1/s1. The van der Waals surface area contributed by atoms with Crippen LogP contribution in [0, 0.1) is 5.92 Å². The van der Waals surface area contributed by atoms with Gasteiger partial charge in [-0.2, -0.15) is 13.2 Å². The van der Waals surface area contributed by atoms with Crippen LogP contribution in [0.3, 0.4) is 0 Å². The highest BCUT2D eigenvalue weighted by atomic mass is 19.4. The highest BCUT2D eigenvalue weighted by Crippen LogP contribution is 2.34. The molecule has 1 aromatic rings. The summed E-state index contributed by atoms with van der Waals surface area (Å²) < 4.78 is 38.2. The molecular weight excluding hydrogens is 259 g/mol. The summed E-state index contributed by atoms with van der Waals surface area (Å²) in [6, 6.07) is 4.83. The van der Waals surface area contributed by atoms with Gasteiger partial charge in [0.05, 0.1) is 11.7 Å². The number of hydrogen-bond donors (Lipinski definition) is 2. The van der Waals surface area contributed by atoms with E-state index in [9.17, 15) is 23.1 Å². The van der Waals surface area contributed by atoms with Gasteiger partial charge in [-0.05, 0) is 24.5 Å². The molecule has 1 fully saturated rings. The SMILES string of the molecule is O=C(NC[C@@H](O)c1ccccc1C(F)(F)F)C1CC1. The summed E-state index contributed by atoms with van der Waals surface area (Å²) in [5.74, 6) is -0.242. The molecule has 0 unspecified atom stereocenters. The number of rotatable bonds is 4. The summed E-state index contributed by atoms with van der Waals surface area (Å²) in [4.78, 5) is 11.4. The van der Waals surface area contributed by atoms with Crippen molar-refractivity contribution >= 4 is 5.91 Å². The number of hydrogen-bond acceptors (Lipinski definition) is 2. The van der Waals surface area contributed by atoms with E-state index in [1.807, 2.05) is 0 Å². The normalized spacial score (nSPS) is 17.1. The third kappa shape index (κ3) is 3.47. The molecule has 1 atom stereocenters. The van der Waals surface area contributed by atoms with Crippen molar-refractivity contribution in [2.24, 2.45) is 5.92 Å². The summed E-state index contributed by atoms with van der Waals surface area (Å²) in [7, 11) is 0. The van der Waals surface area contributed by atoms with Crippen LogP contribution in [-0.2, 0) is 11.0 Å². The number of amides is 1. The number of carbonyl (C=O) groups excluding carboxylic acids is 1. The molecule has 0 aliphatic heterocycles. The lowest BCUT2D eigenvalue weighted by molar-refractivity contribution is -0.139. The fourth-order valence-corrected chi connectivity index (χ4v) is 1.84. The van der Waals surface area contributed by atoms with Gasteiger partial charge in [0, 0.05) is 12.5 Å². The van der Waals surface area contributed by atoms with Crippen molar-refractivity contribution < 1.29 is 23.1 Å². The van der Waals surface area contributed by atoms with Crippen LogP contribution < -0.4 is 5.32 Å². The maximum atomic E-state index is 12.7. The predicted octanol–water partition coefficient (Wildman–Crippen LogP) is 2.26. The van der Waals surface area contributed by atoms with Gasteiger partial charge in [-0.1, -0.05) is 18.2 Å². The van der Waals surface area contributed by atoms with Crippen LogP contribution in [0.15, 0.2) is 24.3 Å². The minimum absolute atomic E-state index is 0.0370. The average Bonchev–Trinajstić information content (AvgIpc) is 3.18. The van der Waals surface area contributed by atoms with E-state index in [0.717, 1.165) is 18.9 Å². The van der Waals surface area contributed by atoms with Gasteiger partial charge >= 0.3 is 6.18 Å². The highest BCUT2D eigenvalue weighted by molar-refractivity contribution is 5.80. The molecule has 6 heteroatoms. The number of nitrogens with one attached hydrogen (secondary N) is 1. The summed E-state index contributed by atoms with van der Waals surface area (Å²) in [6.45, 7) is -0.206. The van der Waals surface area contributed by atoms with Gasteiger partial charge in [-0.25, -0.2) is 0 Å². The molecule has 19 heavy (non-hydrogen) atoms. The maximum Gasteiger partial charge on any atom is 0.416 e. The molecule has 1 aliphatic rings. The van der Waals surface area contributed by atoms with Gasteiger partial charge in [0.2, 0.25) is 5.91 Å². The highest BCUT2D eigenvalue weighted by Gasteiger charge is 2.35. The lowest BCUT2D eigenvalue weighted by Crippen LogP contribution is -2.30. The van der Waals surface area contributed by atoms with Gasteiger partial charge in [0.15, 0.2) is 0 Å². The molecule has 0 spiro atoms. The maximum absolute atomic E-state index is 12.7. The average molecular weight is 273 g/mol. The number of aliphatic hydroxyl groups excluding tert-OH is 1. The Labute approximate surface area is 108 Å². The summed E-state index contributed by atoms with van der Waals surface area (Å²) >= 11 is 0. The summed E-state index contributed by atoms with van der Waals surface area (Å²) in [5, 5.41) is 12.3. The Bertz CT molecular complexity index is 469. The Morgan fingerprint density at radius 2 is 2.00 bits per heavy atom. The van der Waals surface area contributed by atoms with Crippen LogP contribution in [0.4, 0.5) is 13.2 Å². The van der Waals surface area contributed by atoms with E-state index in [1.165, 1.54) is 18.2 Å².